The van der Waals surface area contributed by atoms with Crippen molar-refractivity contribution in [3.8, 4) is 23.0 Å². The van der Waals surface area contributed by atoms with Gasteiger partial charge in [0.05, 0.1) is 12.7 Å². The van der Waals surface area contributed by atoms with Crippen LogP contribution >= 0.6 is 0 Å². The fourth-order valence-corrected chi connectivity index (χ4v) is 3.34. The van der Waals surface area contributed by atoms with Crippen LogP contribution in [0.25, 0.3) is 11.5 Å². The van der Waals surface area contributed by atoms with Crippen LogP contribution in [0, 0.1) is 0 Å². The Bertz CT molecular complexity index is 962. The van der Waals surface area contributed by atoms with E-state index in [2.05, 4.69) is 10.2 Å². The normalized spacial score (nSPS) is 13.9. The van der Waals surface area contributed by atoms with Gasteiger partial charge in [0.25, 0.3) is 11.8 Å². The highest BCUT2D eigenvalue weighted by molar-refractivity contribution is 5.97. The second-order valence-electron chi connectivity index (χ2n) is 6.87. The lowest BCUT2D eigenvalue weighted by molar-refractivity contribution is 0.0719. The van der Waals surface area contributed by atoms with Gasteiger partial charge in [-0.1, -0.05) is 12.1 Å². The molecule has 0 spiro atoms. The van der Waals surface area contributed by atoms with E-state index in [1.807, 2.05) is 41.3 Å². The van der Waals surface area contributed by atoms with E-state index in [-0.39, 0.29) is 12.5 Å². The number of benzene rings is 2. The third-order valence-corrected chi connectivity index (χ3v) is 4.92. The molecule has 1 aromatic heterocycles. The molecule has 2 aromatic carbocycles. The van der Waals surface area contributed by atoms with Crippen LogP contribution in [0.15, 0.2) is 52.9 Å². The summed E-state index contributed by atoms with van der Waals surface area (Å²) in [4.78, 5) is 14.7. The Morgan fingerprint density at radius 1 is 1.03 bits per heavy atom. The molecule has 0 radical (unpaired) electrons. The number of hydrogen-bond acceptors (Lipinski definition) is 6. The SMILES string of the molecule is COc1ccc(-c2nnc(COc3ccccc3C(=O)N3CCCCC3)o2)cc1. The first kappa shape index (κ1) is 19.0. The van der Waals surface area contributed by atoms with Gasteiger partial charge in [-0.15, -0.1) is 10.2 Å². The number of methoxy groups -OCH3 is 1. The molecule has 1 fully saturated rings. The third-order valence-electron chi connectivity index (χ3n) is 4.92. The summed E-state index contributed by atoms with van der Waals surface area (Å²) >= 11 is 0. The first-order valence-corrected chi connectivity index (χ1v) is 9.72. The zero-order chi connectivity index (χ0) is 20.1. The van der Waals surface area contributed by atoms with Crippen molar-refractivity contribution in [1.82, 2.24) is 15.1 Å². The molecule has 4 rings (SSSR count). The summed E-state index contributed by atoms with van der Waals surface area (Å²) in [6.07, 6.45) is 3.27. The summed E-state index contributed by atoms with van der Waals surface area (Å²) < 4.78 is 16.7. The Balaban J connectivity index is 1.44. The first-order chi connectivity index (χ1) is 14.2. The van der Waals surface area contributed by atoms with Crippen LogP contribution in [0.3, 0.4) is 0 Å². The molecule has 2 heterocycles. The van der Waals surface area contributed by atoms with Crippen molar-refractivity contribution in [2.45, 2.75) is 25.9 Å². The summed E-state index contributed by atoms with van der Waals surface area (Å²) in [7, 11) is 1.62. The summed E-state index contributed by atoms with van der Waals surface area (Å²) in [5.74, 6) is 2.03. The molecule has 1 amide bonds. The lowest BCUT2D eigenvalue weighted by Crippen LogP contribution is -2.35. The molecular formula is C22H23N3O4. The monoisotopic (exact) mass is 393 g/mol. The molecule has 3 aromatic rings. The number of amides is 1. The quantitative estimate of drug-likeness (QED) is 0.631. The molecule has 0 bridgehead atoms. The number of rotatable bonds is 6. The topological polar surface area (TPSA) is 77.7 Å². The van der Waals surface area contributed by atoms with E-state index in [9.17, 15) is 4.79 Å². The van der Waals surface area contributed by atoms with Crippen LogP contribution in [0.5, 0.6) is 11.5 Å². The fourth-order valence-electron chi connectivity index (χ4n) is 3.34. The van der Waals surface area contributed by atoms with Crippen molar-refractivity contribution < 1.29 is 18.7 Å². The molecule has 7 heteroatoms. The second-order valence-corrected chi connectivity index (χ2v) is 6.87. The predicted molar refractivity (Wildman–Crippen MR) is 107 cm³/mol. The Hall–Kier alpha value is -3.35. The molecule has 1 saturated heterocycles. The van der Waals surface area contributed by atoms with Crippen molar-refractivity contribution in [3.63, 3.8) is 0 Å². The number of likely N-dealkylation sites (tertiary alicyclic amines) is 1. The van der Waals surface area contributed by atoms with Crippen LogP contribution in [0.2, 0.25) is 0 Å². The number of hydrogen-bond donors (Lipinski definition) is 0. The van der Waals surface area contributed by atoms with Crippen molar-refractivity contribution in [1.29, 1.82) is 0 Å². The molecule has 0 aliphatic carbocycles. The van der Waals surface area contributed by atoms with Gasteiger partial charge in [0, 0.05) is 18.7 Å². The van der Waals surface area contributed by atoms with Crippen molar-refractivity contribution in [2.24, 2.45) is 0 Å². The van der Waals surface area contributed by atoms with Gasteiger partial charge in [-0.2, -0.15) is 0 Å². The van der Waals surface area contributed by atoms with Gasteiger partial charge in [-0.25, -0.2) is 0 Å². The predicted octanol–water partition coefficient (Wildman–Crippen LogP) is 3.95. The summed E-state index contributed by atoms with van der Waals surface area (Å²) in [6, 6.07) is 14.6. The summed E-state index contributed by atoms with van der Waals surface area (Å²) in [6.45, 7) is 1.68. The molecule has 0 unspecified atom stereocenters. The zero-order valence-corrected chi connectivity index (χ0v) is 16.3. The highest BCUT2D eigenvalue weighted by Crippen LogP contribution is 2.24. The molecule has 1 aliphatic heterocycles. The molecule has 7 nitrogen and oxygen atoms in total. The molecule has 0 saturated carbocycles. The standard InChI is InChI=1S/C22H23N3O4/c1-27-17-11-9-16(10-12-17)21-24-23-20(29-21)15-28-19-8-4-3-7-18(19)22(26)25-13-5-2-6-14-25/h3-4,7-12H,2,5-6,13-15H2,1H3. The second kappa shape index (κ2) is 8.77. The number of piperidine rings is 1. The summed E-state index contributed by atoms with van der Waals surface area (Å²) in [5, 5.41) is 8.12. The van der Waals surface area contributed by atoms with E-state index in [1.54, 1.807) is 19.2 Å². The van der Waals surface area contributed by atoms with E-state index in [1.165, 1.54) is 6.42 Å². The van der Waals surface area contributed by atoms with Crippen molar-refractivity contribution in [2.75, 3.05) is 20.2 Å². The van der Waals surface area contributed by atoms with E-state index < -0.39 is 0 Å². The van der Waals surface area contributed by atoms with E-state index in [4.69, 9.17) is 13.9 Å². The number of para-hydroxylation sites is 1. The molecule has 29 heavy (non-hydrogen) atoms. The van der Waals surface area contributed by atoms with Gasteiger partial charge in [0.15, 0.2) is 6.61 Å². The van der Waals surface area contributed by atoms with Gasteiger partial charge >= 0.3 is 0 Å². The van der Waals surface area contributed by atoms with Crippen LogP contribution in [-0.4, -0.2) is 41.2 Å². The largest absolute Gasteiger partial charge is 0.497 e. The van der Waals surface area contributed by atoms with Crippen LogP contribution < -0.4 is 9.47 Å². The number of carbonyl (C=O) groups is 1. The maximum atomic E-state index is 12.9. The molecule has 1 aliphatic rings. The Kier molecular flexibility index (Phi) is 5.74. The number of carbonyl (C=O) groups excluding carboxylic acids is 1. The average molecular weight is 393 g/mol. The van der Waals surface area contributed by atoms with Crippen molar-refractivity contribution in [3.05, 3.63) is 60.0 Å². The molecular weight excluding hydrogens is 370 g/mol. The van der Waals surface area contributed by atoms with Crippen LogP contribution in [0.1, 0.15) is 35.5 Å². The first-order valence-electron chi connectivity index (χ1n) is 9.72. The Labute approximate surface area is 169 Å². The van der Waals surface area contributed by atoms with Gasteiger partial charge < -0.3 is 18.8 Å². The Morgan fingerprint density at radius 2 is 1.79 bits per heavy atom. The van der Waals surface area contributed by atoms with Crippen LogP contribution in [-0.2, 0) is 6.61 Å². The fraction of sp³-hybridized carbons (Fsp3) is 0.318. The van der Waals surface area contributed by atoms with Gasteiger partial charge in [-0.05, 0) is 55.7 Å². The minimum absolute atomic E-state index is 0.00440. The molecule has 150 valence electrons. The van der Waals surface area contributed by atoms with E-state index in [0.29, 0.717) is 23.1 Å². The number of aromatic nitrogens is 2. The van der Waals surface area contributed by atoms with E-state index in [0.717, 1.165) is 37.2 Å². The lowest BCUT2D eigenvalue weighted by atomic mass is 10.1. The minimum Gasteiger partial charge on any atom is -0.497 e. The smallest absolute Gasteiger partial charge is 0.257 e. The molecule has 0 atom stereocenters. The molecule has 0 N–H and O–H groups in total. The highest BCUT2D eigenvalue weighted by atomic mass is 16.5. The third kappa shape index (κ3) is 4.39. The van der Waals surface area contributed by atoms with Gasteiger partial charge in [0.1, 0.15) is 11.5 Å². The maximum Gasteiger partial charge on any atom is 0.257 e. The minimum atomic E-state index is 0.00440. The van der Waals surface area contributed by atoms with E-state index >= 15 is 0 Å². The zero-order valence-electron chi connectivity index (χ0n) is 16.3. The summed E-state index contributed by atoms with van der Waals surface area (Å²) in [5.41, 5.74) is 1.36. The number of ether oxygens (including phenoxy) is 2. The van der Waals surface area contributed by atoms with Crippen LogP contribution in [0.4, 0.5) is 0 Å². The number of nitrogens with zero attached hydrogens (tertiary/aromatic N) is 3. The van der Waals surface area contributed by atoms with Gasteiger partial charge in [0.2, 0.25) is 5.89 Å². The lowest BCUT2D eigenvalue weighted by Gasteiger charge is -2.27. The highest BCUT2D eigenvalue weighted by Gasteiger charge is 2.21. The Morgan fingerprint density at radius 3 is 2.55 bits per heavy atom. The van der Waals surface area contributed by atoms with Gasteiger partial charge in [-0.3, -0.25) is 4.79 Å². The average Bonchev–Trinajstić information content (AvgIpc) is 3.27. The van der Waals surface area contributed by atoms with Crippen molar-refractivity contribution >= 4 is 5.91 Å². The maximum absolute atomic E-state index is 12.9.